The molecule has 0 spiro atoms. The van der Waals surface area contributed by atoms with Crippen molar-refractivity contribution >= 4 is 60.2 Å². The van der Waals surface area contributed by atoms with E-state index >= 15 is 0 Å². The molecule has 0 radical (unpaired) electrons. The Balaban J connectivity index is 1.63. The van der Waals surface area contributed by atoms with Crippen molar-refractivity contribution in [3.8, 4) is 0 Å². The van der Waals surface area contributed by atoms with Crippen molar-refractivity contribution in [2.24, 2.45) is 0 Å². The number of rotatable bonds is 3. The van der Waals surface area contributed by atoms with E-state index in [1.165, 1.54) is 4.57 Å². The second-order valence-electron chi connectivity index (χ2n) is 7.06. The van der Waals surface area contributed by atoms with Crippen LogP contribution in [0.1, 0.15) is 6.23 Å². The Hall–Kier alpha value is -1.51. The van der Waals surface area contributed by atoms with Crippen molar-refractivity contribution in [2.45, 2.75) is 34.6 Å². The molecule has 4 atom stereocenters. The number of halogens is 2. The fourth-order valence-electron chi connectivity index (χ4n) is 3.55. The van der Waals surface area contributed by atoms with Crippen LogP contribution in [-0.2, 0) is 13.8 Å². The summed E-state index contributed by atoms with van der Waals surface area (Å²) in [6, 6.07) is 4.86. The number of aromatic amines is 1. The summed E-state index contributed by atoms with van der Waals surface area (Å²) >= 11 is 13.3. The third-order valence-corrected chi connectivity index (χ3v) is 7.75. The summed E-state index contributed by atoms with van der Waals surface area (Å²) in [5.41, 5.74) is 5.15. The number of anilines is 1. The van der Waals surface area contributed by atoms with Gasteiger partial charge in [0.1, 0.15) is 0 Å². The number of aromatic nitrogens is 4. The Kier molecular flexibility index (Phi) is 5.62. The second kappa shape index (κ2) is 8.06. The molecule has 0 aliphatic carbocycles. The predicted molar refractivity (Wildman–Crippen MR) is 117 cm³/mol. The van der Waals surface area contributed by atoms with Gasteiger partial charge in [0, 0.05) is 0 Å². The third-order valence-electron chi connectivity index (χ3n) is 4.92. The molecule has 2 saturated heterocycles. The number of aliphatic hydroxyl groups excluding tert-OH is 1. The van der Waals surface area contributed by atoms with Gasteiger partial charge in [0.25, 0.3) is 0 Å². The normalized spacial score (nSPS) is 28.0. The molecule has 2 aromatic heterocycles. The van der Waals surface area contributed by atoms with Crippen LogP contribution in [-0.4, -0.2) is 59.3 Å². The molecule has 6 N–H and O–H groups in total. The Bertz CT molecular complexity index is 1270. The van der Waals surface area contributed by atoms with Crippen molar-refractivity contribution in [3.05, 3.63) is 38.6 Å². The number of H-pyrrole nitrogens is 1. The number of nitrogens with two attached hydrogens (primary N) is 1. The van der Waals surface area contributed by atoms with E-state index in [0.717, 1.165) is 11.8 Å². The van der Waals surface area contributed by atoms with Crippen LogP contribution in [0.5, 0.6) is 0 Å². The summed E-state index contributed by atoms with van der Waals surface area (Å²) in [6.45, 7) is -0.203. The van der Waals surface area contributed by atoms with Crippen LogP contribution >= 0.6 is 43.1 Å². The molecule has 4 unspecified atom stereocenters. The number of nitrogens with zero attached hydrogens (tertiary/aromatic N) is 3. The van der Waals surface area contributed by atoms with Crippen LogP contribution < -0.4 is 11.3 Å². The molecule has 0 bridgehead atoms. The quantitative estimate of drug-likeness (QED) is 0.311. The molecule has 3 aromatic rings. The van der Waals surface area contributed by atoms with Crippen molar-refractivity contribution < 1.29 is 28.7 Å². The van der Waals surface area contributed by atoms with Gasteiger partial charge in [-0.05, 0) is 0 Å². The zero-order valence-corrected chi connectivity index (χ0v) is 19.1. The number of nitrogens with one attached hydrogen (secondary N) is 1. The van der Waals surface area contributed by atoms with Crippen molar-refractivity contribution in [1.82, 2.24) is 19.5 Å². The Morgan fingerprint density at radius 3 is 2.84 bits per heavy atom. The fraction of sp³-hybridized carbons (Fsp3) is 0.312. The zero-order chi connectivity index (χ0) is 22.8. The number of fused-ring (bicyclic) bond motifs is 2. The second-order valence-corrected chi connectivity index (χ2v) is 10.5. The SMILES string of the molecule is Nc1nc2c(nc(Sc3ccc(Cl)cc3Cl)n2C2OC3CO[PH](O)(O)OC3C2O)c(=O)[nH]1. The number of nitrogen functional groups attached to an aromatic ring is 1. The maximum absolute atomic E-state index is 12.4. The van der Waals surface area contributed by atoms with Gasteiger partial charge < -0.3 is 0 Å². The molecular weight excluding hydrogens is 508 g/mol. The van der Waals surface area contributed by atoms with Crippen molar-refractivity contribution in [3.63, 3.8) is 0 Å². The summed E-state index contributed by atoms with van der Waals surface area (Å²) in [7, 11) is -4.38. The average Bonchev–Trinajstić information content (AvgIpc) is 3.21. The van der Waals surface area contributed by atoms with Crippen LogP contribution in [0.3, 0.4) is 0 Å². The first-order chi connectivity index (χ1) is 15.1. The van der Waals surface area contributed by atoms with E-state index in [1.54, 1.807) is 18.2 Å². The van der Waals surface area contributed by atoms with Crippen LogP contribution in [0.15, 0.2) is 33.0 Å². The molecule has 2 fully saturated rings. The maximum atomic E-state index is 12.4. The number of hydrogen-bond acceptors (Lipinski definition) is 11. The van der Waals surface area contributed by atoms with E-state index in [9.17, 15) is 19.7 Å². The molecule has 4 heterocycles. The summed E-state index contributed by atoms with van der Waals surface area (Å²) in [6.07, 6.45) is -4.40. The van der Waals surface area contributed by atoms with E-state index in [1.807, 2.05) is 0 Å². The van der Waals surface area contributed by atoms with Crippen LogP contribution in [0.4, 0.5) is 5.95 Å². The molecule has 5 rings (SSSR count). The van der Waals surface area contributed by atoms with E-state index in [0.29, 0.717) is 14.9 Å². The Morgan fingerprint density at radius 1 is 1.31 bits per heavy atom. The minimum atomic E-state index is -4.38. The van der Waals surface area contributed by atoms with Crippen molar-refractivity contribution in [2.75, 3.05) is 12.3 Å². The number of ether oxygens (including phenoxy) is 1. The van der Waals surface area contributed by atoms with E-state index in [2.05, 4.69) is 15.0 Å². The van der Waals surface area contributed by atoms with Crippen LogP contribution in [0, 0.1) is 0 Å². The van der Waals surface area contributed by atoms with Gasteiger partial charge >= 0.3 is 194 Å². The molecule has 0 saturated carbocycles. The summed E-state index contributed by atoms with van der Waals surface area (Å²) in [5, 5.41) is 11.9. The third kappa shape index (κ3) is 3.88. The molecule has 16 heteroatoms. The molecular formula is C16H16Cl2N5O7PS. The van der Waals surface area contributed by atoms with Gasteiger partial charge in [0.15, 0.2) is 0 Å². The van der Waals surface area contributed by atoms with E-state index < -0.39 is 38.3 Å². The molecule has 1 aromatic carbocycles. The molecule has 32 heavy (non-hydrogen) atoms. The first-order valence-corrected chi connectivity index (χ1v) is 12.4. The molecule has 172 valence electrons. The average molecular weight is 524 g/mol. The van der Waals surface area contributed by atoms with Gasteiger partial charge in [-0.3, -0.25) is 0 Å². The minimum absolute atomic E-state index is 0.0392. The number of hydrogen-bond donors (Lipinski definition) is 5. The van der Waals surface area contributed by atoms with Gasteiger partial charge in [-0.2, -0.15) is 0 Å². The van der Waals surface area contributed by atoms with E-state index in [-0.39, 0.29) is 28.9 Å². The molecule has 2 aliphatic heterocycles. The number of aliphatic hydroxyl groups is 1. The van der Waals surface area contributed by atoms with Crippen LogP contribution in [0.25, 0.3) is 11.2 Å². The van der Waals surface area contributed by atoms with Gasteiger partial charge in [-0.15, -0.1) is 0 Å². The van der Waals surface area contributed by atoms with Crippen LogP contribution in [0.2, 0.25) is 10.0 Å². The van der Waals surface area contributed by atoms with Crippen molar-refractivity contribution in [1.29, 1.82) is 0 Å². The standard InChI is InChI=1S/C16H16Cl2N5O7PS/c17-5-1-2-8(6(18)3-5)32-16-20-9-12(21-15(19)22-13(9)25)23(16)14-10(24)11-7(29-14)4-28-31(26,27)30-11/h1-3,7,10-11,14,24,26-27,31H,4H2,(H3,19,21,22,25). The summed E-state index contributed by atoms with van der Waals surface area (Å²) in [5.74, 6) is -0.161. The summed E-state index contributed by atoms with van der Waals surface area (Å²) < 4.78 is 17.3. The first kappa shape index (κ1) is 22.3. The fourth-order valence-corrected chi connectivity index (χ4v) is 6.09. The zero-order valence-electron chi connectivity index (χ0n) is 15.8. The molecule has 0 amide bonds. The topological polar surface area (TPSA) is 178 Å². The predicted octanol–water partition coefficient (Wildman–Crippen LogP) is 1.23. The van der Waals surface area contributed by atoms with Gasteiger partial charge in [-0.25, -0.2) is 0 Å². The number of imidazole rings is 1. The number of benzene rings is 1. The summed E-state index contributed by atoms with van der Waals surface area (Å²) in [4.78, 5) is 43.4. The van der Waals surface area contributed by atoms with Gasteiger partial charge in [-0.1, -0.05) is 0 Å². The first-order valence-electron chi connectivity index (χ1n) is 9.13. The van der Waals surface area contributed by atoms with E-state index in [4.69, 9.17) is 42.7 Å². The monoisotopic (exact) mass is 523 g/mol. The Labute approximate surface area is 193 Å². The molecule has 2 aliphatic rings. The molecule has 12 nitrogen and oxygen atoms in total. The van der Waals surface area contributed by atoms with Gasteiger partial charge in [0.05, 0.1) is 0 Å². The Morgan fingerprint density at radius 2 is 2.09 bits per heavy atom. The van der Waals surface area contributed by atoms with Gasteiger partial charge in [0.2, 0.25) is 0 Å².